The Morgan fingerprint density at radius 2 is 0.974 bits per heavy atom. The molecule has 0 aliphatic carbocycles. The lowest BCUT2D eigenvalue weighted by molar-refractivity contribution is -0.612. The molecule has 0 unspecified atom stereocenters. The average Bonchev–Trinajstić information content (AvgIpc) is 3.79. The van der Waals surface area contributed by atoms with Gasteiger partial charge >= 0.3 is 0 Å². The zero-order valence-corrected chi connectivity index (χ0v) is 47.8. The molecule has 0 aliphatic rings. The Morgan fingerprint density at radius 1 is 0.390 bits per heavy atom. The maximum Gasteiger partial charge on any atom is 0.189 e. The molecule has 0 spiro atoms. The molecule has 12 heteroatoms. The minimum atomic E-state index is 0.729. The normalized spacial score (nSPS) is 9.55. The van der Waals surface area contributed by atoms with Crippen LogP contribution < -0.4 is 4.73 Å². The minimum Gasteiger partial charge on any atom is -0.619 e. The Labute approximate surface area is 457 Å². The van der Waals surface area contributed by atoms with Crippen LogP contribution in [0.2, 0.25) is 0 Å². The summed E-state index contributed by atoms with van der Waals surface area (Å²) in [5, 5.41) is 19.5. The van der Waals surface area contributed by atoms with E-state index in [4.69, 9.17) is 0 Å². The summed E-state index contributed by atoms with van der Waals surface area (Å²) in [4.78, 5) is 28.9. The lowest BCUT2D eigenvalue weighted by atomic mass is 10.2. The highest BCUT2D eigenvalue weighted by Gasteiger charge is 1.96. The highest BCUT2D eigenvalue weighted by Crippen LogP contribution is 2.11. The van der Waals surface area contributed by atoms with Gasteiger partial charge in [-0.3, -0.25) is 34.9 Å². The monoisotopic (exact) mass is 1030 g/mol. The van der Waals surface area contributed by atoms with Crippen LogP contribution in [0, 0.1) is 102 Å². The van der Waals surface area contributed by atoms with Gasteiger partial charge in [0.15, 0.2) is 11.9 Å². The predicted molar refractivity (Wildman–Crippen MR) is 317 cm³/mol. The standard InChI is InChI=1S/C10H9N.C8H11N.C7H7N3.4C7H9N.C6H7NO.C6H7N/c1-8-6-7-9-4-2-3-5-10(9)11-8;1-6-4-7(2)8(3)9-5-6;1-10-7-5-3-2-4-6(7)8-9-10;1-6-3-4-8-7(2)5-6;1-6-3-4-7(2)8-5-6;1-6-4-3-5-8-7(6)2;1-6-4-3-5-7(2)8-6;1-6-4-2-3-5-7(6)8;1-6-4-2-3-5-7-6/h2-7H,1H3;4-5H,1-3H3;2-5H,1H3;4*3-5H,1-2H3;2-5H,1H3;2-5H,1H3. The number of benzene rings is 2. The van der Waals surface area contributed by atoms with E-state index in [9.17, 15) is 5.21 Å². The first-order chi connectivity index (χ1) is 36.8. The van der Waals surface area contributed by atoms with Crippen LogP contribution in [-0.2, 0) is 7.05 Å². The van der Waals surface area contributed by atoms with Gasteiger partial charge in [0.05, 0.1) is 11.0 Å². The number of nitrogens with zero attached hydrogens (tertiary/aromatic N) is 11. The Morgan fingerprint density at radius 3 is 1.45 bits per heavy atom. The smallest absolute Gasteiger partial charge is 0.189 e. The molecule has 77 heavy (non-hydrogen) atoms. The van der Waals surface area contributed by atoms with Crippen molar-refractivity contribution >= 4 is 21.9 Å². The van der Waals surface area contributed by atoms with Gasteiger partial charge < -0.3 is 5.21 Å². The molecule has 0 amide bonds. The number of aromatic nitrogens is 11. The third-order valence-corrected chi connectivity index (χ3v) is 11.0. The molecule has 2 aromatic carbocycles. The lowest BCUT2D eigenvalue weighted by Gasteiger charge is -1.97. The van der Waals surface area contributed by atoms with Crippen LogP contribution in [0.4, 0.5) is 0 Å². The molecule has 0 atom stereocenters. The summed E-state index contributed by atoms with van der Waals surface area (Å²) in [7, 11) is 1.88. The Kier molecular flexibility index (Phi) is 28.0. The SMILES string of the molecule is Cc1ccc(C)nc1.Cc1ccc2ccccc2n1.Cc1cccc(C)n1.Cc1cccc[n+]1[O-].Cc1ccccn1.Cc1cccnc1C.Cc1ccnc(C)c1.Cc1cnc(C)c(C)c1.Cn1nnc2ccccc21. The van der Waals surface area contributed by atoms with E-state index < -0.39 is 0 Å². The second kappa shape index (κ2) is 34.6. The van der Waals surface area contributed by atoms with E-state index in [-0.39, 0.29) is 0 Å². The van der Waals surface area contributed by atoms with E-state index in [2.05, 4.69) is 109 Å². The fraction of sp³-hybridized carbons (Fsp3) is 0.231. The summed E-state index contributed by atoms with van der Waals surface area (Å²) in [6.45, 7) is 28.0. The van der Waals surface area contributed by atoms with Crippen molar-refractivity contribution < 1.29 is 4.73 Å². The number of fused-ring (bicyclic) bond motifs is 2. The molecule has 9 heterocycles. The summed E-state index contributed by atoms with van der Waals surface area (Å²) in [5.74, 6) is 0. The van der Waals surface area contributed by atoms with Crippen molar-refractivity contribution in [3.05, 3.63) is 279 Å². The van der Waals surface area contributed by atoms with Gasteiger partial charge in [-0.05, 0) is 191 Å². The van der Waals surface area contributed by atoms with Crippen molar-refractivity contribution in [1.29, 1.82) is 0 Å². The lowest BCUT2D eigenvalue weighted by Crippen LogP contribution is -2.28. The quantitative estimate of drug-likeness (QED) is 0.106. The van der Waals surface area contributed by atoms with Crippen molar-refractivity contribution in [3.8, 4) is 0 Å². The zero-order chi connectivity index (χ0) is 56.5. The van der Waals surface area contributed by atoms with Crippen molar-refractivity contribution in [3.63, 3.8) is 0 Å². The zero-order valence-electron chi connectivity index (χ0n) is 47.8. The predicted octanol–water partition coefficient (Wildman–Crippen LogP) is 14.3. The summed E-state index contributed by atoms with van der Waals surface area (Å²) in [5.41, 5.74) is 18.8. The molecule has 0 N–H and O–H groups in total. The first-order valence-electron chi connectivity index (χ1n) is 25.4. The van der Waals surface area contributed by atoms with Gasteiger partial charge in [-0.1, -0.05) is 78.0 Å². The molecule has 0 fully saturated rings. The topological polar surface area (TPSA) is 148 Å². The maximum atomic E-state index is 10.5. The van der Waals surface area contributed by atoms with E-state index >= 15 is 0 Å². The molecule has 0 saturated heterocycles. The molecule has 11 rings (SSSR count). The van der Waals surface area contributed by atoms with Crippen molar-refractivity contribution in [2.45, 2.75) is 96.9 Å². The van der Waals surface area contributed by atoms with E-state index in [1.165, 1.54) is 39.4 Å². The van der Waals surface area contributed by atoms with Crippen molar-refractivity contribution in [1.82, 2.24) is 49.9 Å². The highest BCUT2D eigenvalue weighted by molar-refractivity contribution is 5.78. The van der Waals surface area contributed by atoms with Gasteiger partial charge in [-0.2, -0.15) is 4.73 Å². The third-order valence-electron chi connectivity index (χ3n) is 11.0. The van der Waals surface area contributed by atoms with Crippen LogP contribution >= 0.6 is 0 Å². The van der Waals surface area contributed by atoms with Gasteiger partial charge in [0.2, 0.25) is 0 Å². The van der Waals surface area contributed by atoms with Crippen LogP contribution in [0.3, 0.4) is 0 Å². The molecule has 398 valence electrons. The van der Waals surface area contributed by atoms with Crippen LogP contribution in [0.5, 0.6) is 0 Å². The Balaban J connectivity index is 0.000000229. The van der Waals surface area contributed by atoms with Crippen molar-refractivity contribution in [2.75, 3.05) is 0 Å². The van der Waals surface area contributed by atoms with Crippen LogP contribution in [0.25, 0.3) is 21.9 Å². The Bertz CT molecular complexity index is 3210. The number of aryl methyl sites for hydroxylation is 15. The molecule has 11 aromatic rings. The van der Waals surface area contributed by atoms with Gasteiger partial charge in [-0.25, -0.2) is 4.68 Å². The minimum absolute atomic E-state index is 0.729. The molecule has 0 saturated carbocycles. The fourth-order valence-corrected chi connectivity index (χ4v) is 6.37. The largest absolute Gasteiger partial charge is 0.619 e. The van der Waals surface area contributed by atoms with E-state index in [1.54, 1.807) is 29.9 Å². The fourth-order valence-electron chi connectivity index (χ4n) is 6.37. The van der Waals surface area contributed by atoms with E-state index in [1.807, 2.05) is 203 Å². The first kappa shape index (κ1) is 62.4. The number of para-hydroxylation sites is 2. The first-order valence-corrected chi connectivity index (χ1v) is 25.4. The van der Waals surface area contributed by atoms with E-state index in [0.717, 1.165) is 72.5 Å². The highest BCUT2D eigenvalue weighted by atomic mass is 16.5. The number of rotatable bonds is 0. The molecule has 9 aromatic heterocycles. The molecule has 0 aliphatic heterocycles. The average molecular weight is 1030 g/mol. The van der Waals surface area contributed by atoms with Crippen LogP contribution in [0.15, 0.2) is 195 Å². The summed E-state index contributed by atoms with van der Waals surface area (Å²) in [6.07, 6.45) is 10.7. The number of pyridine rings is 8. The summed E-state index contributed by atoms with van der Waals surface area (Å²) in [6, 6.07) is 51.6. The van der Waals surface area contributed by atoms with Gasteiger partial charge in [0.25, 0.3) is 0 Å². The summed E-state index contributed by atoms with van der Waals surface area (Å²) >= 11 is 0. The van der Waals surface area contributed by atoms with Gasteiger partial charge in [0, 0.05) is 108 Å². The third kappa shape index (κ3) is 26.2. The second-order valence-electron chi connectivity index (χ2n) is 18.2. The van der Waals surface area contributed by atoms with Gasteiger partial charge in [-0.15, -0.1) is 5.10 Å². The van der Waals surface area contributed by atoms with Crippen molar-refractivity contribution in [2.24, 2.45) is 7.05 Å². The summed E-state index contributed by atoms with van der Waals surface area (Å²) < 4.78 is 2.59. The molecule has 12 nitrogen and oxygen atoms in total. The Hall–Kier alpha value is -8.90. The van der Waals surface area contributed by atoms with Crippen LogP contribution in [0.1, 0.15) is 79.1 Å². The number of hydrogen-bond acceptors (Lipinski definition) is 10. The second-order valence-corrected chi connectivity index (χ2v) is 18.2. The van der Waals surface area contributed by atoms with Gasteiger partial charge in [0.1, 0.15) is 5.52 Å². The van der Waals surface area contributed by atoms with E-state index in [0.29, 0.717) is 0 Å². The molecular weight excluding hydrogens is 951 g/mol. The molecule has 0 radical (unpaired) electrons. The van der Waals surface area contributed by atoms with Crippen LogP contribution in [-0.4, -0.2) is 49.9 Å². The molecule has 0 bridgehead atoms. The maximum absolute atomic E-state index is 10.5. The molecular formula is C65H77N11O. The number of hydrogen-bond donors (Lipinski definition) is 0.